The van der Waals surface area contributed by atoms with Crippen molar-refractivity contribution in [3.05, 3.63) is 11.6 Å². The van der Waals surface area contributed by atoms with Crippen LogP contribution in [0.3, 0.4) is 0 Å². The molecule has 126 valence electrons. The summed E-state index contributed by atoms with van der Waals surface area (Å²) in [6.07, 6.45) is 6.29. The van der Waals surface area contributed by atoms with Crippen molar-refractivity contribution in [1.29, 1.82) is 0 Å². The zero-order valence-corrected chi connectivity index (χ0v) is 14.2. The van der Waals surface area contributed by atoms with Gasteiger partial charge in [0, 0.05) is 24.2 Å². The van der Waals surface area contributed by atoms with E-state index in [9.17, 15) is 9.59 Å². The molecular formula is C20H27FO2. The second-order valence-corrected chi connectivity index (χ2v) is 8.56. The van der Waals surface area contributed by atoms with Crippen LogP contribution >= 0.6 is 0 Å². The molecule has 4 aliphatic carbocycles. The van der Waals surface area contributed by atoms with Gasteiger partial charge in [-0.1, -0.05) is 25.8 Å². The Morgan fingerprint density at radius 1 is 1.22 bits per heavy atom. The fourth-order valence-electron chi connectivity index (χ4n) is 6.57. The molecule has 3 fully saturated rings. The van der Waals surface area contributed by atoms with Crippen molar-refractivity contribution in [3.8, 4) is 0 Å². The van der Waals surface area contributed by atoms with Crippen LogP contribution in [0.2, 0.25) is 0 Å². The summed E-state index contributed by atoms with van der Waals surface area (Å²) in [5, 5.41) is 0. The molecule has 0 aliphatic heterocycles. The standard InChI is InChI=1S/C20H27FO2/c1-3-11-8-12-9-13(22)4-5-14(12)19-16(21)10-20(2)15(18(11)19)6-7-17(20)23/h9,11,14-16,18-19H,3-8,10H2,1-2H3/t11-,14+,15+,16+,18+,19+,20+/m1/s1. The van der Waals surface area contributed by atoms with Crippen LogP contribution in [0.15, 0.2) is 11.6 Å². The van der Waals surface area contributed by atoms with Crippen LogP contribution in [0.5, 0.6) is 0 Å². The average molecular weight is 318 g/mol. The second kappa shape index (κ2) is 5.26. The second-order valence-electron chi connectivity index (χ2n) is 8.56. The fourth-order valence-corrected chi connectivity index (χ4v) is 6.57. The van der Waals surface area contributed by atoms with Crippen LogP contribution < -0.4 is 0 Å². The summed E-state index contributed by atoms with van der Waals surface area (Å²) in [5.41, 5.74) is 0.782. The summed E-state index contributed by atoms with van der Waals surface area (Å²) in [5.74, 6) is 1.91. The van der Waals surface area contributed by atoms with Gasteiger partial charge < -0.3 is 0 Å². The number of fused-ring (bicyclic) bond motifs is 5. The predicted octanol–water partition coefficient (Wildman–Crippen LogP) is 4.28. The van der Waals surface area contributed by atoms with Crippen molar-refractivity contribution in [2.45, 2.75) is 65.0 Å². The maximum Gasteiger partial charge on any atom is 0.155 e. The zero-order chi connectivity index (χ0) is 16.4. The first-order valence-corrected chi connectivity index (χ1v) is 9.36. The number of halogens is 1. The van der Waals surface area contributed by atoms with Crippen molar-refractivity contribution >= 4 is 11.6 Å². The van der Waals surface area contributed by atoms with E-state index >= 15 is 4.39 Å². The molecule has 0 saturated heterocycles. The van der Waals surface area contributed by atoms with E-state index in [2.05, 4.69) is 6.92 Å². The van der Waals surface area contributed by atoms with Gasteiger partial charge in [-0.05, 0) is 55.4 Å². The van der Waals surface area contributed by atoms with Gasteiger partial charge in [0.2, 0.25) is 0 Å². The topological polar surface area (TPSA) is 34.1 Å². The van der Waals surface area contributed by atoms with E-state index in [-0.39, 0.29) is 17.6 Å². The van der Waals surface area contributed by atoms with E-state index < -0.39 is 11.6 Å². The Balaban J connectivity index is 1.76. The molecule has 0 radical (unpaired) electrons. The van der Waals surface area contributed by atoms with Crippen molar-refractivity contribution in [1.82, 2.24) is 0 Å². The van der Waals surface area contributed by atoms with Crippen LogP contribution in [-0.2, 0) is 9.59 Å². The molecule has 4 aliphatic rings. The van der Waals surface area contributed by atoms with Gasteiger partial charge in [0.25, 0.3) is 0 Å². The summed E-state index contributed by atoms with van der Waals surface area (Å²) in [6, 6.07) is 0. The van der Waals surface area contributed by atoms with E-state index in [1.54, 1.807) is 0 Å². The number of hydrogen-bond acceptors (Lipinski definition) is 2. The third-order valence-electron chi connectivity index (χ3n) is 7.64. The predicted molar refractivity (Wildman–Crippen MR) is 86.5 cm³/mol. The highest BCUT2D eigenvalue weighted by atomic mass is 19.1. The van der Waals surface area contributed by atoms with Crippen LogP contribution in [-0.4, -0.2) is 17.7 Å². The van der Waals surface area contributed by atoms with E-state index in [1.807, 2.05) is 13.0 Å². The summed E-state index contributed by atoms with van der Waals surface area (Å²) in [7, 11) is 0. The summed E-state index contributed by atoms with van der Waals surface area (Å²) in [6.45, 7) is 4.21. The third kappa shape index (κ3) is 2.11. The van der Waals surface area contributed by atoms with Crippen LogP contribution in [0, 0.1) is 35.0 Å². The minimum absolute atomic E-state index is 0.0389. The number of carbonyl (C=O) groups excluding carboxylic acids is 2. The molecule has 3 heteroatoms. The SMILES string of the molecule is CC[C@@H]1CC2=CC(=O)CC[C@@H]2[C@@H]2[C@@H]1[C@@H]1CCC(=O)[C@@]1(C)C[C@@H]2F. The monoisotopic (exact) mass is 318 g/mol. The minimum atomic E-state index is -0.890. The number of hydrogen-bond donors (Lipinski definition) is 0. The van der Waals surface area contributed by atoms with E-state index in [1.165, 1.54) is 5.57 Å². The van der Waals surface area contributed by atoms with Gasteiger partial charge in [-0.15, -0.1) is 0 Å². The maximum absolute atomic E-state index is 15.3. The number of carbonyl (C=O) groups is 2. The van der Waals surface area contributed by atoms with Gasteiger partial charge in [0.05, 0.1) is 0 Å². The van der Waals surface area contributed by atoms with Crippen LogP contribution in [0.4, 0.5) is 4.39 Å². The first-order chi connectivity index (χ1) is 11.0. The molecule has 0 amide bonds. The lowest BCUT2D eigenvalue weighted by molar-refractivity contribution is -0.138. The summed E-state index contributed by atoms with van der Waals surface area (Å²) < 4.78 is 15.3. The van der Waals surface area contributed by atoms with Crippen LogP contribution in [0.1, 0.15) is 58.8 Å². The Labute approximate surface area is 137 Å². The Morgan fingerprint density at radius 3 is 2.74 bits per heavy atom. The minimum Gasteiger partial charge on any atom is -0.299 e. The molecule has 2 nitrogen and oxygen atoms in total. The van der Waals surface area contributed by atoms with Gasteiger partial charge in [-0.25, -0.2) is 4.39 Å². The molecule has 3 saturated carbocycles. The Bertz CT molecular complexity index is 580. The van der Waals surface area contributed by atoms with E-state index in [0.29, 0.717) is 42.8 Å². The molecule has 23 heavy (non-hydrogen) atoms. The highest BCUT2D eigenvalue weighted by Gasteiger charge is 2.61. The molecule has 0 bridgehead atoms. The normalized spacial score (nSPS) is 49.3. The lowest BCUT2D eigenvalue weighted by Crippen LogP contribution is -2.54. The number of ketones is 2. The van der Waals surface area contributed by atoms with Gasteiger partial charge in [0.1, 0.15) is 12.0 Å². The lowest BCUT2D eigenvalue weighted by Gasteiger charge is -2.56. The van der Waals surface area contributed by atoms with Crippen LogP contribution in [0.25, 0.3) is 0 Å². The smallest absolute Gasteiger partial charge is 0.155 e. The quantitative estimate of drug-likeness (QED) is 0.723. The molecule has 4 rings (SSSR count). The van der Waals surface area contributed by atoms with Crippen molar-refractivity contribution in [2.24, 2.45) is 35.0 Å². The van der Waals surface area contributed by atoms with E-state index in [4.69, 9.17) is 0 Å². The average Bonchev–Trinajstić information content (AvgIpc) is 2.81. The number of Topliss-reactive ketones (excluding diaryl/α,β-unsaturated/α-hetero) is 1. The molecule has 0 spiro atoms. The Morgan fingerprint density at radius 2 is 2.00 bits per heavy atom. The van der Waals surface area contributed by atoms with Gasteiger partial charge in [-0.3, -0.25) is 9.59 Å². The zero-order valence-electron chi connectivity index (χ0n) is 14.2. The van der Waals surface area contributed by atoms with Gasteiger partial charge >= 0.3 is 0 Å². The molecule has 0 aromatic carbocycles. The van der Waals surface area contributed by atoms with Crippen molar-refractivity contribution in [2.75, 3.05) is 0 Å². The largest absolute Gasteiger partial charge is 0.299 e. The van der Waals surface area contributed by atoms with Gasteiger partial charge in [0.15, 0.2) is 5.78 Å². The Kier molecular flexibility index (Phi) is 3.55. The number of alkyl halides is 1. The number of allylic oxidation sites excluding steroid dienone is 1. The molecule has 0 aromatic rings. The molecule has 0 N–H and O–H groups in total. The third-order valence-corrected chi connectivity index (χ3v) is 7.64. The van der Waals surface area contributed by atoms with Crippen molar-refractivity contribution in [3.63, 3.8) is 0 Å². The summed E-state index contributed by atoms with van der Waals surface area (Å²) in [4.78, 5) is 24.3. The molecule has 7 atom stereocenters. The Hall–Kier alpha value is -0.990. The first kappa shape index (κ1) is 15.5. The highest BCUT2D eigenvalue weighted by molar-refractivity contribution is 5.91. The highest BCUT2D eigenvalue weighted by Crippen LogP contribution is 2.63. The molecule has 0 unspecified atom stereocenters. The fraction of sp³-hybridized carbons (Fsp3) is 0.800. The van der Waals surface area contributed by atoms with Crippen molar-refractivity contribution < 1.29 is 14.0 Å². The number of rotatable bonds is 1. The lowest BCUT2D eigenvalue weighted by atomic mass is 9.48. The van der Waals surface area contributed by atoms with Gasteiger partial charge in [-0.2, -0.15) is 0 Å². The summed E-state index contributed by atoms with van der Waals surface area (Å²) >= 11 is 0. The maximum atomic E-state index is 15.3. The molecule has 0 aromatic heterocycles. The molecular weight excluding hydrogens is 291 g/mol. The first-order valence-electron chi connectivity index (χ1n) is 9.36. The van der Waals surface area contributed by atoms with E-state index in [0.717, 1.165) is 25.7 Å². The molecule has 0 heterocycles.